The summed E-state index contributed by atoms with van der Waals surface area (Å²) in [5.74, 6) is -2.65. The van der Waals surface area contributed by atoms with Gasteiger partial charge in [0.25, 0.3) is 0 Å². The maximum absolute atomic E-state index is 12.9. The van der Waals surface area contributed by atoms with Crippen molar-refractivity contribution < 1.29 is 24.2 Å². The van der Waals surface area contributed by atoms with E-state index in [1.54, 1.807) is 41.5 Å². The Hall–Kier alpha value is -1.65. The molecule has 2 aliphatic rings. The van der Waals surface area contributed by atoms with Gasteiger partial charge in [-0.05, 0) is 35.5 Å². The number of hydrogen-bond acceptors (Lipinski definition) is 4. The van der Waals surface area contributed by atoms with E-state index in [1.807, 2.05) is 6.08 Å². The van der Waals surface area contributed by atoms with Crippen molar-refractivity contribution in [2.45, 2.75) is 54.4 Å². The average molecular weight is 336 g/mol. The molecule has 24 heavy (non-hydrogen) atoms. The zero-order valence-corrected chi connectivity index (χ0v) is 15.4. The number of hydrogen-bond donors (Lipinski definition) is 1. The van der Waals surface area contributed by atoms with Crippen LogP contribution < -0.4 is 0 Å². The number of ether oxygens (including phenoxy) is 1. The standard InChI is InChI=1S/C19H28O5/c1-17(2,3)19(15(21)22,18(4,5)6)16(23)24-14(20)13-10-11-7-8-12(13)9-11/h7-8,11-13H,9-10H2,1-6H3,(H,21,22). The summed E-state index contributed by atoms with van der Waals surface area (Å²) in [7, 11) is 0. The average Bonchev–Trinajstić information content (AvgIpc) is 2.96. The van der Waals surface area contributed by atoms with E-state index in [9.17, 15) is 19.5 Å². The predicted octanol–water partition coefficient (Wildman–Crippen LogP) is 3.43. The molecule has 0 aromatic heterocycles. The maximum atomic E-state index is 12.9. The lowest BCUT2D eigenvalue weighted by molar-refractivity contribution is -0.193. The number of carboxylic acids is 1. The van der Waals surface area contributed by atoms with Gasteiger partial charge >= 0.3 is 17.9 Å². The van der Waals surface area contributed by atoms with Crippen molar-refractivity contribution in [1.82, 2.24) is 0 Å². The molecule has 3 atom stereocenters. The zero-order chi connectivity index (χ0) is 18.5. The quantitative estimate of drug-likeness (QED) is 0.485. The lowest BCUT2D eigenvalue weighted by atomic mass is 9.54. The molecule has 1 saturated carbocycles. The summed E-state index contributed by atoms with van der Waals surface area (Å²) in [6, 6.07) is 0. The van der Waals surface area contributed by atoms with Crippen LogP contribution in [-0.2, 0) is 19.1 Å². The van der Waals surface area contributed by atoms with Gasteiger partial charge in [-0.15, -0.1) is 0 Å². The van der Waals surface area contributed by atoms with E-state index in [2.05, 4.69) is 6.08 Å². The van der Waals surface area contributed by atoms with Gasteiger partial charge < -0.3 is 9.84 Å². The summed E-state index contributed by atoms with van der Waals surface area (Å²) in [4.78, 5) is 37.6. The number of carboxylic acid groups (broad SMARTS) is 1. The molecule has 2 bridgehead atoms. The minimum absolute atomic E-state index is 0.110. The fourth-order valence-electron chi connectivity index (χ4n) is 4.76. The third-order valence-corrected chi connectivity index (χ3v) is 5.65. The Bertz CT molecular complexity index is 574. The number of carbonyl (C=O) groups is 3. The molecule has 3 unspecified atom stereocenters. The highest BCUT2D eigenvalue weighted by molar-refractivity contribution is 6.04. The Morgan fingerprint density at radius 1 is 0.958 bits per heavy atom. The summed E-state index contributed by atoms with van der Waals surface area (Å²) in [5.41, 5.74) is -3.64. The number of allylic oxidation sites excluding steroid dienone is 2. The third-order valence-electron chi connectivity index (χ3n) is 5.65. The van der Waals surface area contributed by atoms with Gasteiger partial charge in [-0.2, -0.15) is 0 Å². The lowest BCUT2D eigenvalue weighted by Crippen LogP contribution is -2.58. The van der Waals surface area contributed by atoms with Crippen LogP contribution in [0.2, 0.25) is 0 Å². The monoisotopic (exact) mass is 336 g/mol. The van der Waals surface area contributed by atoms with Crippen LogP contribution in [-0.4, -0.2) is 23.0 Å². The van der Waals surface area contributed by atoms with E-state index in [0.29, 0.717) is 12.3 Å². The molecule has 0 spiro atoms. The first-order valence-electron chi connectivity index (χ1n) is 8.50. The molecule has 0 saturated heterocycles. The lowest BCUT2D eigenvalue weighted by Gasteiger charge is -2.47. The minimum atomic E-state index is -1.82. The van der Waals surface area contributed by atoms with Gasteiger partial charge in [0, 0.05) is 0 Å². The number of aliphatic carboxylic acids is 1. The molecule has 1 fully saturated rings. The van der Waals surface area contributed by atoms with Crippen LogP contribution in [0.4, 0.5) is 0 Å². The highest BCUT2D eigenvalue weighted by atomic mass is 16.6. The second-order valence-corrected chi connectivity index (χ2v) is 9.15. The topological polar surface area (TPSA) is 80.7 Å². The van der Waals surface area contributed by atoms with Crippen LogP contribution in [0.1, 0.15) is 54.4 Å². The van der Waals surface area contributed by atoms with E-state index >= 15 is 0 Å². The second kappa shape index (κ2) is 5.71. The molecule has 5 heteroatoms. The van der Waals surface area contributed by atoms with Crippen LogP contribution in [0.15, 0.2) is 12.2 Å². The van der Waals surface area contributed by atoms with Gasteiger partial charge in [0.05, 0.1) is 5.92 Å². The molecule has 1 N–H and O–H groups in total. The van der Waals surface area contributed by atoms with Gasteiger partial charge in [-0.3, -0.25) is 14.4 Å². The van der Waals surface area contributed by atoms with E-state index in [-0.39, 0.29) is 11.8 Å². The summed E-state index contributed by atoms with van der Waals surface area (Å²) >= 11 is 0. The van der Waals surface area contributed by atoms with E-state index < -0.39 is 34.2 Å². The van der Waals surface area contributed by atoms with Gasteiger partial charge in [0.1, 0.15) is 0 Å². The SMILES string of the molecule is CC(C)(C)C(C(=O)O)(C(=O)OC(=O)C1CC2C=CC1C2)C(C)(C)C. The van der Waals surface area contributed by atoms with Crippen LogP contribution >= 0.6 is 0 Å². The molecule has 0 radical (unpaired) electrons. The first-order valence-corrected chi connectivity index (χ1v) is 8.50. The predicted molar refractivity (Wildman–Crippen MR) is 88.9 cm³/mol. The van der Waals surface area contributed by atoms with Crippen LogP contribution in [0.5, 0.6) is 0 Å². The highest BCUT2D eigenvalue weighted by Crippen LogP contribution is 2.53. The van der Waals surface area contributed by atoms with E-state index in [0.717, 1.165) is 6.42 Å². The van der Waals surface area contributed by atoms with E-state index in [1.165, 1.54) is 0 Å². The Morgan fingerprint density at radius 3 is 1.83 bits per heavy atom. The molecule has 0 aliphatic heterocycles. The summed E-state index contributed by atoms with van der Waals surface area (Å²) < 4.78 is 5.17. The molecular formula is C19H28O5. The number of fused-ring (bicyclic) bond motifs is 2. The smallest absolute Gasteiger partial charge is 0.332 e. The largest absolute Gasteiger partial charge is 0.480 e. The molecular weight excluding hydrogens is 308 g/mol. The van der Waals surface area contributed by atoms with Crippen LogP contribution in [0, 0.1) is 34.0 Å². The third kappa shape index (κ3) is 2.68. The minimum Gasteiger partial charge on any atom is -0.480 e. The zero-order valence-electron chi connectivity index (χ0n) is 15.4. The van der Waals surface area contributed by atoms with Gasteiger partial charge in [-0.1, -0.05) is 53.7 Å². The number of esters is 2. The molecule has 2 rings (SSSR count). The van der Waals surface area contributed by atoms with Crippen LogP contribution in [0.3, 0.4) is 0 Å². The molecule has 0 heterocycles. The Balaban J connectivity index is 2.30. The van der Waals surface area contributed by atoms with Crippen molar-refractivity contribution >= 4 is 17.9 Å². The Kier molecular flexibility index (Phi) is 4.45. The Labute approximate surface area is 143 Å². The molecule has 0 amide bonds. The summed E-state index contributed by atoms with van der Waals surface area (Å²) in [6.07, 6.45) is 5.69. The van der Waals surface area contributed by atoms with Crippen molar-refractivity contribution in [1.29, 1.82) is 0 Å². The van der Waals surface area contributed by atoms with Crippen molar-refractivity contribution in [3.63, 3.8) is 0 Å². The van der Waals surface area contributed by atoms with Gasteiger partial charge in [-0.25, -0.2) is 0 Å². The molecule has 0 aromatic rings. The van der Waals surface area contributed by atoms with Crippen molar-refractivity contribution in [3.05, 3.63) is 12.2 Å². The van der Waals surface area contributed by atoms with Crippen molar-refractivity contribution in [2.24, 2.45) is 34.0 Å². The summed E-state index contributed by atoms with van der Waals surface area (Å²) in [5, 5.41) is 9.93. The molecule has 134 valence electrons. The van der Waals surface area contributed by atoms with Crippen LogP contribution in [0.25, 0.3) is 0 Å². The first kappa shape index (κ1) is 18.7. The summed E-state index contributed by atoms with van der Waals surface area (Å²) in [6.45, 7) is 10.2. The normalized spacial score (nSPS) is 26.5. The maximum Gasteiger partial charge on any atom is 0.332 e. The fourth-order valence-corrected chi connectivity index (χ4v) is 4.76. The first-order chi connectivity index (χ1) is 10.8. The highest BCUT2D eigenvalue weighted by Gasteiger charge is 2.64. The fraction of sp³-hybridized carbons (Fsp3) is 0.737. The number of rotatable bonds is 3. The van der Waals surface area contributed by atoms with Gasteiger partial charge in [0.15, 0.2) is 5.41 Å². The Morgan fingerprint density at radius 2 is 1.50 bits per heavy atom. The molecule has 0 aromatic carbocycles. The van der Waals surface area contributed by atoms with E-state index in [4.69, 9.17) is 4.74 Å². The van der Waals surface area contributed by atoms with Crippen molar-refractivity contribution in [3.8, 4) is 0 Å². The second-order valence-electron chi connectivity index (χ2n) is 9.15. The molecule has 2 aliphatic carbocycles. The van der Waals surface area contributed by atoms with Gasteiger partial charge in [0.2, 0.25) is 0 Å². The molecule has 5 nitrogen and oxygen atoms in total. The van der Waals surface area contributed by atoms with Crippen molar-refractivity contribution in [2.75, 3.05) is 0 Å². The number of carbonyl (C=O) groups excluding carboxylic acids is 2.